The third kappa shape index (κ3) is 4.82. The van der Waals surface area contributed by atoms with Crippen LogP contribution in [0.5, 0.6) is 5.75 Å². The SMILES string of the molecule is O=C(O)CCOc1ccccc1/C=C1/SC(=O)N(c2cccc(C(F)(F)F)c2)C1=O. The molecule has 10 heteroatoms. The number of para-hydroxylation sites is 1. The molecule has 0 atom stereocenters. The lowest BCUT2D eigenvalue weighted by atomic mass is 10.1. The van der Waals surface area contributed by atoms with Gasteiger partial charge >= 0.3 is 12.1 Å². The van der Waals surface area contributed by atoms with Gasteiger partial charge in [-0.2, -0.15) is 13.2 Å². The molecule has 3 rings (SSSR count). The van der Waals surface area contributed by atoms with Crippen LogP contribution in [0.3, 0.4) is 0 Å². The van der Waals surface area contributed by atoms with Crippen LogP contribution in [-0.2, 0) is 15.8 Å². The number of carboxylic acid groups (broad SMARTS) is 1. The number of carbonyl (C=O) groups excluding carboxylic acids is 2. The number of benzene rings is 2. The van der Waals surface area contributed by atoms with E-state index in [0.717, 1.165) is 18.2 Å². The van der Waals surface area contributed by atoms with Crippen molar-refractivity contribution in [2.24, 2.45) is 0 Å². The van der Waals surface area contributed by atoms with Crippen molar-refractivity contribution < 1.29 is 37.4 Å². The number of rotatable bonds is 6. The smallest absolute Gasteiger partial charge is 0.416 e. The number of aliphatic carboxylic acids is 1. The largest absolute Gasteiger partial charge is 0.492 e. The standard InChI is InChI=1S/C20H14F3NO5S/c21-20(22,23)13-5-3-6-14(11-13)24-18(27)16(30-19(24)28)10-12-4-1-2-7-15(12)29-9-8-17(25)26/h1-7,10-11H,8-9H2,(H,25,26)/b16-10+. The fourth-order valence-corrected chi connectivity index (χ4v) is 3.46. The molecule has 0 radical (unpaired) electrons. The van der Waals surface area contributed by atoms with E-state index in [0.29, 0.717) is 28.0 Å². The first kappa shape index (κ1) is 21.4. The number of carboxylic acids is 1. The fourth-order valence-electron chi connectivity index (χ4n) is 2.63. The van der Waals surface area contributed by atoms with Crippen molar-refractivity contribution in [3.63, 3.8) is 0 Å². The van der Waals surface area contributed by atoms with E-state index in [2.05, 4.69) is 0 Å². The summed E-state index contributed by atoms with van der Waals surface area (Å²) in [7, 11) is 0. The topological polar surface area (TPSA) is 83.9 Å². The lowest BCUT2D eigenvalue weighted by Gasteiger charge is -2.15. The molecule has 0 bridgehead atoms. The molecule has 1 aliphatic rings. The van der Waals surface area contributed by atoms with Crippen LogP contribution in [0.15, 0.2) is 53.4 Å². The Balaban J connectivity index is 1.87. The van der Waals surface area contributed by atoms with Gasteiger partial charge in [0.25, 0.3) is 11.1 Å². The third-order valence-corrected chi connectivity index (χ3v) is 4.87. The summed E-state index contributed by atoms with van der Waals surface area (Å²) in [4.78, 5) is 36.4. The summed E-state index contributed by atoms with van der Waals surface area (Å²) in [6.07, 6.45) is -3.45. The molecule has 2 aromatic carbocycles. The molecular formula is C20H14F3NO5S. The van der Waals surface area contributed by atoms with Gasteiger partial charge in [-0.15, -0.1) is 0 Å². The number of ether oxygens (including phenoxy) is 1. The number of alkyl halides is 3. The number of hydrogen-bond donors (Lipinski definition) is 1. The van der Waals surface area contributed by atoms with Crippen LogP contribution in [0, 0.1) is 0 Å². The molecule has 0 saturated carbocycles. The van der Waals surface area contributed by atoms with Gasteiger partial charge in [0.2, 0.25) is 0 Å². The first-order chi connectivity index (χ1) is 14.2. The molecule has 0 unspecified atom stereocenters. The van der Waals surface area contributed by atoms with E-state index in [1.54, 1.807) is 24.3 Å². The van der Waals surface area contributed by atoms with Crippen molar-refractivity contribution in [2.75, 3.05) is 11.5 Å². The zero-order chi connectivity index (χ0) is 21.9. The van der Waals surface area contributed by atoms with Gasteiger partial charge in [0.05, 0.1) is 29.2 Å². The van der Waals surface area contributed by atoms with E-state index >= 15 is 0 Å². The maximum atomic E-state index is 13.0. The lowest BCUT2D eigenvalue weighted by Crippen LogP contribution is -2.28. The molecule has 2 aromatic rings. The second-order valence-electron chi connectivity index (χ2n) is 6.10. The summed E-state index contributed by atoms with van der Waals surface area (Å²) >= 11 is 0.590. The summed E-state index contributed by atoms with van der Waals surface area (Å²) < 4.78 is 44.3. The van der Waals surface area contributed by atoms with Crippen molar-refractivity contribution in [1.29, 1.82) is 0 Å². The maximum Gasteiger partial charge on any atom is 0.416 e. The van der Waals surface area contributed by atoms with E-state index < -0.39 is 28.9 Å². The number of anilines is 1. The molecule has 0 spiro atoms. The summed E-state index contributed by atoms with van der Waals surface area (Å²) in [6.45, 7) is -0.0914. The van der Waals surface area contributed by atoms with Crippen molar-refractivity contribution in [1.82, 2.24) is 0 Å². The van der Waals surface area contributed by atoms with E-state index in [-0.39, 0.29) is 23.6 Å². The van der Waals surface area contributed by atoms with Crippen LogP contribution in [0.25, 0.3) is 6.08 Å². The van der Waals surface area contributed by atoms with Crippen molar-refractivity contribution in [2.45, 2.75) is 12.6 Å². The summed E-state index contributed by atoms with van der Waals surface area (Å²) in [5.41, 5.74) is -0.723. The van der Waals surface area contributed by atoms with Gasteiger partial charge < -0.3 is 9.84 Å². The molecule has 30 heavy (non-hydrogen) atoms. The first-order valence-electron chi connectivity index (χ1n) is 8.55. The molecule has 6 nitrogen and oxygen atoms in total. The monoisotopic (exact) mass is 437 g/mol. The molecule has 1 N–H and O–H groups in total. The Morgan fingerprint density at radius 1 is 1.13 bits per heavy atom. The molecule has 1 saturated heterocycles. The Hall–Kier alpha value is -3.27. The van der Waals surface area contributed by atoms with E-state index in [1.807, 2.05) is 0 Å². The average molecular weight is 437 g/mol. The normalized spacial score (nSPS) is 15.7. The average Bonchev–Trinajstić information content (AvgIpc) is 2.95. The summed E-state index contributed by atoms with van der Waals surface area (Å²) in [5.74, 6) is -1.48. The van der Waals surface area contributed by atoms with Crippen LogP contribution in [0.1, 0.15) is 17.5 Å². The quantitative estimate of drug-likeness (QED) is 0.654. The minimum atomic E-state index is -4.61. The highest BCUT2D eigenvalue weighted by atomic mass is 32.2. The predicted octanol–water partition coefficient (Wildman–Crippen LogP) is 4.80. The molecule has 156 valence electrons. The minimum Gasteiger partial charge on any atom is -0.492 e. The first-order valence-corrected chi connectivity index (χ1v) is 9.37. The highest BCUT2D eigenvalue weighted by Crippen LogP contribution is 2.38. The lowest BCUT2D eigenvalue weighted by molar-refractivity contribution is -0.138. The van der Waals surface area contributed by atoms with Gasteiger partial charge in [-0.25, -0.2) is 4.90 Å². The van der Waals surface area contributed by atoms with E-state index in [1.165, 1.54) is 12.1 Å². The van der Waals surface area contributed by atoms with Crippen molar-refractivity contribution in [3.8, 4) is 5.75 Å². The third-order valence-electron chi connectivity index (χ3n) is 4.00. The fraction of sp³-hybridized carbons (Fsp3) is 0.150. The van der Waals surface area contributed by atoms with Crippen molar-refractivity contribution >= 4 is 40.6 Å². The number of imide groups is 1. The second-order valence-corrected chi connectivity index (χ2v) is 7.09. The Kier molecular flexibility index (Phi) is 6.16. The molecule has 2 amide bonds. The number of hydrogen-bond acceptors (Lipinski definition) is 5. The Morgan fingerprint density at radius 3 is 2.57 bits per heavy atom. The Morgan fingerprint density at radius 2 is 1.87 bits per heavy atom. The summed E-state index contributed by atoms with van der Waals surface area (Å²) in [6, 6.07) is 10.5. The van der Waals surface area contributed by atoms with Gasteiger partial charge in [-0.05, 0) is 42.1 Å². The van der Waals surface area contributed by atoms with Crippen LogP contribution in [0.2, 0.25) is 0 Å². The Bertz CT molecular complexity index is 1040. The molecule has 0 aliphatic carbocycles. The number of amides is 2. The highest BCUT2D eigenvalue weighted by Gasteiger charge is 2.38. The van der Waals surface area contributed by atoms with Crippen LogP contribution in [0.4, 0.5) is 23.7 Å². The number of nitrogens with zero attached hydrogens (tertiary/aromatic N) is 1. The predicted molar refractivity (Wildman–Crippen MR) is 104 cm³/mol. The van der Waals surface area contributed by atoms with E-state index in [4.69, 9.17) is 9.84 Å². The highest BCUT2D eigenvalue weighted by molar-refractivity contribution is 8.19. The van der Waals surface area contributed by atoms with Gasteiger partial charge in [-0.1, -0.05) is 24.3 Å². The van der Waals surface area contributed by atoms with Gasteiger partial charge in [0, 0.05) is 5.56 Å². The molecule has 0 aromatic heterocycles. The van der Waals surface area contributed by atoms with Gasteiger partial charge in [0.15, 0.2) is 0 Å². The van der Waals surface area contributed by atoms with Gasteiger partial charge in [0.1, 0.15) is 5.75 Å². The van der Waals surface area contributed by atoms with Gasteiger partial charge in [-0.3, -0.25) is 14.4 Å². The number of halogens is 3. The van der Waals surface area contributed by atoms with Crippen LogP contribution >= 0.6 is 11.8 Å². The maximum absolute atomic E-state index is 13.0. The van der Waals surface area contributed by atoms with Crippen molar-refractivity contribution in [3.05, 3.63) is 64.6 Å². The zero-order valence-corrected chi connectivity index (χ0v) is 16.0. The molecule has 1 heterocycles. The molecule has 1 aliphatic heterocycles. The zero-order valence-electron chi connectivity index (χ0n) is 15.2. The second kappa shape index (κ2) is 8.62. The molecule has 1 fully saturated rings. The molecular weight excluding hydrogens is 423 g/mol. The van der Waals surface area contributed by atoms with Crippen LogP contribution < -0.4 is 9.64 Å². The van der Waals surface area contributed by atoms with E-state index in [9.17, 15) is 27.6 Å². The summed E-state index contributed by atoms with van der Waals surface area (Å²) in [5, 5.41) is 7.98. The minimum absolute atomic E-state index is 0.00620. The number of thioether (sulfide) groups is 1. The van der Waals surface area contributed by atoms with Crippen LogP contribution in [-0.4, -0.2) is 28.8 Å². The Labute approximate surface area is 172 Å². The number of carbonyl (C=O) groups is 3.